The Morgan fingerprint density at radius 2 is 1.83 bits per heavy atom. The molecule has 0 aromatic heterocycles. The number of hydrazine groups is 1. The van der Waals surface area contributed by atoms with Crippen LogP contribution in [0.1, 0.15) is 13.3 Å². The predicted molar refractivity (Wildman–Crippen MR) is 110 cm³/mol. The standard InChI is InChI=1S/C19H22N4O6S/c1-2-27-14-6-3-12(4-7-14)23-30(25,26)18-10-15(21-22-18)19(24)20-13-5-8-16-17(9-13)29-11-28-16/h3-9,15,18,21-23H,2,10-11H2,1H3,(H,20,24). The molecule has 11 heteroatoms. The van der Waals surface area contributed by atoms with Crippen LogP contribution in [0.2, 0.25) is 0 Å². The van der Waals surface area contributed by atoms with Crippen LogP contribution < -0.4 is 35.1 Å². The fraction of sp³-hybridized carbons (Fsp3) is 0.316. The first-order valence-electron chi connectivity index (χ1n) is 9.40. The Hall–Kier alpha value is -3.02. The van der Waals surface area contributed by atoms with Crippen LogP contribution in [0.25, 0.3) is 0 Å². The molecule has 2 aromatic carbocycles. The Balaban J connectivity index is 1.35. The molecular weight excluding hydrogens is 412 g/mol. The number of hydrogen-bond donors (Lipinski definition) is 4. The van der Waals surface area contributed by atoms with Gasteiger partial charge in [-0.3, -0.25) is 9.52 Å². The Morgan fingerprint density at radius 3 is 2.60 bits per heavy atom. The number of fused-ring (bicyclic) bond motifs is 1. The molecular formula is C19H22N4O6S. The summed E-state index contributed by atoms with van der Waals surface area (Å²) in [5.74, 6) is 1.45. The van der Waals surface area contributed by atoms with Crippen LogP contribution in [0, 0.1) is 0 Å². The summed E-state index contributed by atoms with van der Waals surface area (Å²) in [6.07, 6.45) is 0.0583. The Bertz CT molecular complexity index is 1030. The van der Waals surface area contributed by atoms with E-state index in [1.165, 1.54) is 0 Å². The van der Waals surface area contributed by atoms with Crippen LogP contribution in [0.4, 0.5) is 11.4 Å². The maximum Gasteiger partial charge on any atom is 0.250 e. The number of hydrogen-bond acceptors (Lipinski definition) is 8. The molecule has 2 aromatic rings. The van der Waals surface area contributed by atoms with E-state index in [2.05, 4.69) is 20.9 Å². The van der Waals surface area contributed by atoms with Gasteiger partial charge in [0.25, 0.3) is 0 Å². The minimum Gasteiger partial charge on any atom is -0.494 e. The minimum absolute atomic E-state index is 0.0583. The van der Waals surface area contributed by atoms with Gasteiger partial charge in [-0.25, -0.2) is 19.3 Å². The lowest BCUT2D eigenvalue weighted by Gasteiger charge is -2.14. The summed E-state index contributed by atoms with van der Waals surface area (Å²) in [7, 11) is -3.77. The van der Waals surface area contributed by atoms with Crippen molar-refractivity contribution in [1.82, 2.24) is 10.9 Å². The second-order valence-electron chi connectivity index (χ2n) is 6.73. The van der Waals surface area contributed by atoms with Crippen LogP contribution in [0.5, 0.6) is 17.2 Å². The number of anilines is 2. The third-order valence-electron chi connectivity index (χ3n) is 4.62. The molecule has 1 amide bonds. The van der Waals surface area contributed by atoms with E-state index in [-0.39, 0.29) is 19.1 Å². The lowest BCUT2D eigenvalue weighted by atomic mass is 10.2. The van der Waals surface area contributed by atoms with Gasteiger partial charge in [0.15, 0.2) is 11.5 Å². The summed E-state index contributed by atoms with van der Waals surface area (Å²) >= 11 is 0. The molecule has 4 N–H and O–H groups in total. The highest BCUT2D eigenvalue weighted by Gasteiger charge is 2.37. The Labute approximate surface area is 173 Å². The molecule has 1 fully saturated rings. The van der Waals surface area contributed by atoms with Gasteiger partial charge in [-0.2, -0.15) is 0 Å². The van der Waals surface area contributed by atoms with E-state index >= 15 is 0 Å². The molecule has 2 atom stereocenters. The van der Waals surface area contributed by atoms with Gasteiger partial charge in [0.2, 0.25) is 22.7 Å². The van der Waals surface area contributed by atoms with E-state index < -0.39 is 21.4 Å². The summed E-state index contributed by atoms with van der Waals surface area (Å²) in [4.78, 5) is 12.5. The van der Waals surface area contributed by atoms with Crippen molar-refractivity contribution in [2.45, 2.75) is 24.8 Å². The second kappa shape index (κ2) is 8.38. The summed E-state index contributed by atoms with van der Waals surface area (Å²) < 4.78 is 43.7. The minimum atomic E-state index is -3.77. The zero-order valence-electron chi connectivity index (χ0n) is 16.2. The number of carbonyl (C=O) groups is 1. The van der Waals surface area contributed by atoms with Crippen molar-refractivity contribution in [1.29, 1.82) is 0 Å². The number of sulfonamides is 1. The smallest absolute Gasteiger partial charge is 0.250 e. The topological polar surface area (TPSA) is 127 Å². The van der Waals surface area contributed by atoms with E-state index in [0.717, 1.165) is 0 Å². The van der Waals surface area contributed by atoms with Gasteiger partial charge in [-0.05, 0) is 43.3 Å². The van der Waals surface area contributed by atoms with E-state index in [1.807, 2.05) is 6.92 Å². The average Bonchev–Trinajstić information content (AvgIpc) is 3.39. The van der Waals surface area contributed by atoms with Gasteiger partial charge in [0.05, 0.1) is 6.61 Å². The molecule has 0 saturated carbocycles. The Kier molecular flexibility index (Phi) is 5.66. The number of ether oxygens (including phenoxy) is 3. The highest BCUT2D eigenvalue weighted by molar-refractivity contribution is 7.93. The van der Waals surface area contributed by atoms with Gasteiger partial charge in [0, 0.05) is 23.9 Å². The van der Waals surface area contributed by atoms with Crippen molar-refractivity contribution in [3.8, 4) is 17.2 Å². The van der Waals surface area contributed by atoms with Gasteiger partial charge in [0.1, 0.15) is 17.2 Å². The third kappa shape index (κ3) is 4.42. The van der Waals surface area contributed by atoms with Crippen molar-refractivity contribution in [3.05, 3.63) is 42.5 Å². The molecule has 2 aliphatic heterocycles. The zero-order chi connectivity index (χ0) is 21.1. The van der Waals surface area contributed by atoms with E-state index in [4.69, 9.17) is 14.2 Å². The number of benzene rings is 2. The molecule has 160 valence electrons. The monoisotopic (exact) mass is 434 g/mol. The number of nitrogens with one attached hydrogen (secondary N) is 4. The summed E-state index contributed by atoms with van der Waals surface area (Å²) in [5, 5.41) is 1.77. The lowest BCUT2D eigenvalue weighted by molar-refractivity contribution is -0.117. The molecule has 2 aliphatic rings. The van der Waals surface area contributed by atoms with Gasteiger partial charge in [-0.15, -0.1) is 0 Å². The average molecular weight is 434 g/mol. The molecule has 0 aliphatic carbocycles. The molecule has 2 unspecified atom stereocenters. The van der Waals surface area contributed by atoms with Gasteiger partial charge >= 0.3 is 0 Å². The fourth-order valence-corrected chi connectivity index (χ4v) is 4.40. The highest BCUT2D eigenvalue weighted by Crippen LogP contribution is 2.34. The molecule has 2 heterocycles. The van der Waals surface area contributed by atoms with Crippen molar-refractivity contribution < 1.29 is 27.4 Å². The largest absolute Gasteiger partial charge is 0.494 e. The summed E-state index contributed by atoms with van der Waals surface area (Å²) in [6.45, 7) is 2.54. The maximum absolute atomic E-state index is 12.7. The number of carbonyl (C=O) groups excluding carboxylic acids is 1. The first kappa shape index (κ1) is 20.3. The maximum atomic E-state index is 12.7. The predicted octanol–water partition coefficient (Wildman–Crippen LogP) is 1.39. The van der Waals surface area contributed by atoms with Crippen LogP contribution in [-0.4, -0.2) is 39.1 Å². The van der Waals surface area contributed by atoms with Gasteiger partial charge in [-0.1, -0.05) is 0 Å². The normalized spacial score (nSPS) is 20.0. The van der Waals surface area contributed by atoms with Crippen molar-refractivity contribution >= 4 is 27.3 Å². The fourth-order valence-electron chi connectivity index (χ4n) is 3.13. The van der Waals surface area contributed by atoms with E-state index in [0.29, 0.717) is 35.2 Å². The van der Waals surface area contributed by atoms with Crippen LogP contribution in [0.15, 0.2) is 42.5 Å². The first-order chi connectivity index (χ1) is 14.4. The lowest BCUT2D eigenvalue weighted by Crippen LogP contribution is -2.42. The number of rotatable bonds is 7. The van der Waals surface area contributed by atoms with Crippen LogP contribution in [0.3, 0.4) is 0 Å². The highest BCUT2D eigenvalue weighted by atomic mass is 32.2. The molecule has 0 radical (unpaired) electrons. The summed E-state index contributed by atoms with van der Waals surface area (Å²) in [6, 6.07) is 10.9. The molecule has 0 bridgehead atoms. The van der Waals surface area contributed by atoms with Crippen LogP contribution >= 0.6 is 0 Å². The van der Waals surface area contributed by atoms with E-state index in [9.17, 15) is 13.2 Å². The van der Waals surface area contributed by atoms with Crippen molar-refractivity contribution in [2.75, 3.05) is 23.4 Å². The number of amides is 1. The molecule has 1 saturated heterocycles. The quantitative estimate of drug-likeness (QED) is 0.515. The van der Waals surface area contributed by atoms with E-state index in [1.54, 1.807) is 42.5 Å². The molecule has 4 rings (SSSR count). The second-order valence-corrected chi connectivity index (χ2v) is 8.59. The zero-order valence-corrected chi connectivity index (χ0v) is 17.0. The first-order valence-corrected chi connectivity index (χ1v) is 11.0. The molecule has 0 spiro atoms. The van der Waals surface area contributed by atoms with Gasteiger partial charge < -0.3 is 19.5 Å². The SMILES string of the molecule is CCOc1ccc(NS(=O)(=O)C2CC(C(=O)Nc3ccc4c(c3)OCO4)NN2)cc1. The Morgan fingerprint density at radius 1 is 1.10 bits per heavy atom. The summed E-state index contributed by atoms with van der Waals surface area (Å²) in [5.41, 5.74) is 6.36. The third-order valence-corrected chi connectivity index (χ3v) is 6.20. The molecule has 30 heavy (non-hydrogen) atoms. The molecule has 10 nitrogen and oxygen atoms in total. The van der Waals surface area contributed by atoms with Crippen molar-refractivity contribution in [3.63, 3.8) is 0 Å². The van der Waals surface area contributed by atoms with Crippen LogP contribution in [-0.2, 0) is 14.8 Å². The van der Waals surface area contributed by atoms with Crippen molar-refractivity contribution in [2.24, 2.45) is 0 Å².